The van der Waals surface area contributed by atoms with Gasteiger partial charge in [-0.15, -0.1) is 0 Å². The van der Waals surface area contributed by atoms with Crippen LogP contribution in [-0.4, -0.2) is 31.8 Å². The van der Waals surface area contributed by atoms with Crippen LogP contribution in [0.1, 0.15) is 22.8 Å². The van der Waals surface area contributed by atoms with Crippen LogP contribution >= 0.6 is 0 Å². The van der Waals surface area contributed by atoms with E-state index in [4.69, 9.17) is 14.2 Å². The van der Waals surface area contributed by atoms with Crippen molar-refractivity contribution in [1.82, 2.24) is 4.57 Å². The fourth-order valence-electron chi connectivity index (χ4n) is 2.98. The van der Waals surface area contributed by atoms with Crippen molar-refractivity contribution >= 4 is 29.0 Å². The van der Waals surface area contributed by atoms with Crippen molar-refractivity contribution in [3.8, 4) is 17.2 Å². The van der Waals surface area contributed by atoms with Crippen molar-refractivity contribution in [2.24, 2.45) is 0 Å². The first-order valence-electron chi connectivity index (χ1n) is 8.18. The minimum Gasteiger partial charge on any atom is -0.493 e. The van der Waals surface area contributed by atoms with Crippen molar-refractivity contribution < 1.29 is 19.0 Å². The Hall–Kier alpha value is -3.21. The predicted molar refractivity (Wildman–Crippen MR) is 103 cm³/mol. The van der Waals surface area contributed by atoms with Gasteiger partial charge in [0, 0.05) is 24.1 Å². The van der Waals surface area contributed by atoms with E-state index in [0.717, 1.165) is 22.0 Å². The standard InChI is InChI=1S/C21H21NO4/c1-14(23)22-13-16(17-7-5-6-8-18(17)22)10-9-15-11-19(24-2)21(26-4)20(12-15)25-3/h5-13H,1-4H3/b10-9+. The molecule has 0 fully saturated rings. The smallest absolute Gasteiger partial charge is 0.227 e. The minimum absolute atomic E-state index is 0.0198. The number of hydrogen-bond donors (Lipinski definition) is 0. The summed E-state index contributed by atoms with van der Waals surface area (Å²) < 4.78 is 17.8. The van der Waals surface area contributed by atoms with Gasteiger partial charge in [0.1, 0.15) is 0 Å². The Morgan fingerprint density at radius 3 is 2.19 bits per heavy atom. The van der Waals surface area contributed by atoms with Gasteiger partial charge in [0.2, 0.25) is 11.7 Å². The van der Waals surface area contributed by atoms with Gasteiger partial charge in [-0.25, -0.2) is 0 Å². The molecule has 2 aromatic carbocycles. The third-order valence-electron chi connectivity index (χ3n) is 4.22. The molecule has 1 aromatic heterocycles. The highest BCUT2D eigenvalue weighted by molar-refractivity contribution is 5.98. The van der Waals surface area contributed by atoms with Crippen LogP contribution in [0.25, 0.3) is 23.1 Å². The van der Waals surface area contributed by atoms with E-state index >= 15 is 0 Å². The fourth-order valence-corrected chi connectivity index (χ4v) is 2.98. The van der Waals surface area contributed by atoms with E-state index < -0.39 is 0 Å². The molecule has 3 rings (SSSR count). The monoisotopic (exact) mass is 351 g/mol. The molecule has 0 radical (unpaired) electrons. The molecule has 0 unspecified atom stereocenters. The normalized spacial score (nSPS) is 11.1. The summed E-state index contributed by atoms with van der Waals surface area (Å²) in [6.45, 7) is 1.55. The molecule has 3 aromatic rings. The molecular formula is C21H21NO4. The zero-order chi connectivity index (χ0) is 18.7. The molecule has 5 heteroatoms. The summed E-state index contributed by atoms with van der Waals surface area (Å²) in [5.41, 5.74) is 2.76. The second-order valence-electron chi connectivity index (χ2n) is 5.78. The molecule has 0 amide bonds. The molecule has 0 atom stereocenters. The zero-order valence-electron chi connectivity index (χ0n) is 15.3. The van der Waals surface area contributed by atoms with Crippen molar-refractivity contribution in [3.63, 3.8) is 0 Å². The van der Waals surface area contributed by atoms with Crippen LogP contribution in [0.2, 0.25) is 0 Å². The van der Waals surface area contributed by atoms with E-state index in [1.807, 2.05) is 54.7 Å². The van der Waals surface area contributed by atoms with Crippen molar-refractivity contribution in [3.05, 3.63) is 53.7 Å². The van der Waals surface area contributed by atoms with Gasteiger partial charge in [-0.05, 0) is 23.8 Å². The van der Waals surface area contributed by atoms with E-state index in [1.165, 1.54) is 0 Å². The second-order valence-corrected chi connectivity index (χ2v) is 5.78. The van der Waals surface area contributed by atoms with Crippen LogP contribution in [0.15, 0.2) is 42.6 Å². The molecule has 26 heavy (non-hydrogen) atoms. The fraction of sp³-hybridized carbons (Fsp3) is 0.190. The molecule has 0 saturated carbocycles. The third-order valence-corrected chi connectivity index (χ3v) is 4.22. The lowest BCUT2D eigenvalue weighted by Gasteiger charge is -2.12. The number of para-hydroxylation sites is 1. The maximum Gasteiger partial charge on any atom is 0.227 e. The number of carbonyl (C=O) groups is 1. The summed E-state index contributed by atoms with van der Waals surface area (Å²) in [7, 11) is 4.75. The highest BCUT2D eigenvalue weighted by Gasteiger charge is 2.12. The molecule has 0 aliphatic heterocycles. The van der Waals surface area contributed by atoms with Gasteiger partial charge >= 0.3 is 0 Å². The largest absolute Gasteiger partial charge is 0.493 e. The number of rotatable bonds is 5. The number of ether oxygens (including phenoxy) is 3. The van der Waals surface area contributed by atoms with E-state index in [1.54, 1.807) is 32.8 Å². The van der Waals surface area contributed by atoms with Crippen LogP contribution in [0.3, 0.4) is 0 Å². The Morgan fingerprint density at radius 2 is 1.62 bits per heavy atom. The van der Waals surface area contributed by atoms with Gasteiger partial charge < -0.3 is 14.2 Å². The van der Waals surface area contributed by atoms with Gasteiger partial charge in [0.15, 0.2) is 11.5 Å². The molecular weight excluding hydrogens is 330 g/mol. The summed E-state index contributed by atoms with van der Waals surface area (Å²) in [5.74, 6) is 1.73. The van der Waals surface area contributed by atoms with Gasteiger partial charge in [-0.1, -0.05) is 30.4 Å². The minimum atomic E-state index is -0.0198. The molecule has 0 aliphatic rings. The Labute approximate surface area is 152 Å². The quantitative estimate of drug-likeness (QED) is 0.679. The molecule has 0 aliphatic carbocycles. The Balaban J connectivity index is 2.06. The Kier molecular flexibility index (Phi) is 4.98. The number of carbonyl (C=O) groups excluding carboxylic acids is 1. The van der Waals surface area contributed by atoms with Crippen LogP contribution in [0, 0.1) is 0 Å². The van der Waals surface area contributed by atoms with Crippen molar-refractivity contribution in [2.45, 2.75) is 6.92 Å². The van der Waals surface area contributed by atoms with E-state index in [-0.39, 0.29) is 5.91 Å². The highest BCUT2D eigenvalue weighted by atomic mass is 16.5. The Bertz CT molecular complexity index is 960. The molecule has 134 valence electrons. The summed E-state index contributed by atoms with van der Waals surface area (Å²) in [6, 6.07) is 11.6. The first kappa shape index (κ1) is 17.6. The van der Waals surface area contributed by atoms with E-state index in [0.29, 0.717) is 17.2 Å². The molecule has 5 nitrogen and oxygen atoms in total. The topological polar surface area (TPSA) is 49.7 Å². The Morgan fingerprint density at radius 1 is 0.962 bits per heavy atom. The molecule has 0 bridgehead atoms. The number of hydrogen-bond acceptors (Lipinski definition) is 4. The maximum atomic E-state index is 11.9. The number of fused-ring (bicyclic) bond motifs is 1. The predicted octanol–water partition coefficient (Wildman–Crippen LogP) is 4.50. The third kappa shape index (κ3) is 3.16. The lowest BCUT2D eigenvalue weighted by Crippen LogP contribution is -2.02. The average molecular weight is 351 g/mol. The SMILES string of the molecule is COc1cc(/C=C/c2cn(C(C)=O)c3ccccc23)cc(OC)c1OC. The molecule has 1 heterocycles. The van der Waals surface area contributed by atoms with Gasteiger partial charge in [0.25, 0.3) is 0 Å². The molecule has 0 saturated heterocycles. The van der Waals surface area contributed by atoms with Gasteiger partial charge in [-0.2, -0.15) is 0 Å². The lowest BCUT2D eigenvalue weighted by molar-refractivity contribution is 0.0941. The first-order chi connectivity index (χ1) is 12.6. The number of aromatic nitrogens is 1. The lowest BCUT2D eigenvalue weighted by atomic mass is 10.1. The average Bonchev–Trinajstić information content (AvgIpc) is 3.04. The summed E-state index contributed by atoms with van der Waals surface area (Å²) >= 11 is 0. The van der Waals surface area contributed by atoms with Crippen LogP contribution in [0.4, 0.5) is 0 Å². The second kappa shape index (κ2) is 7.35. The maximum absolute atomic E-state index is 11.9. The van der Waals surface area contributed by atoms with Crippen LogP contribution in [-0.2, 0) is 0 Å². The van der Waals surface area contributed by atoms with Crippen molar-refractivity contribution in [2.75, 3.05) is 21.3 Å². The molecule has 0 N–H and O–H groups in total. The van der Waals surface area contributed by atoms with Crippen LogP contribution < -0.4 is 14.2 Å². The number of methoxy groups -OCH3 is 3. The van der Waals surface area contributed by atoms with Crippen molar-refractivity contribution in [1.29, 1.82) is 0 Å². The summed E-state index contributed by atoms with van der Waals surface area (Å²) in [5, 5.41) is 1.02. The zero-order valence-corrected chi connectivity index (χ0v) is 15.3. The molecule has 0 spiro atoms. The van der Waals surface area contributed by atoms with E-state index in [9.17, 15) is 4.79 Å². The number of nitrogens with zero attached hydrogens (tertiary/aromatic N) is 1. The highest BCUT2D eigenvalue weighted by Crippen LogP contribution is 2.38. The van der Waals surface area contributed by atoms with Gasteiger partial charge in [-0.3, -0.25) is 9.36 Å². The number of benzene rings is 2. The van der Waals surface area contributed by atoms with Gasteiger partial charge in [0.05, 0.1) is 26.8 Å². The summed E-state index contributed by atoms with van der Waals surface area (Å²) in [4.78, 5) is 11.9. The summed E-state index contributed by atoms with van der Waals surface area (Å²) in [6.07, 6.45) is 5.78. The first-order valence-corrected chi connectivity index (χ1v) is 8.18. The van der Waals surface area contributed by atoms with Crippen LogP contribution in [0.5, 0.6) is 17.2 Å². The van der Waals surface area contributed by atoms with E-state index in [2.05, 4.69) is 0 Å².